The van der Waals surface area contributed by atoms with Gasteiger partial charge < -0.3 is 18.8 Å². The molecule has 1 saturated heterocycles. The van der Waals surface area contributed by atoms with E-state index in [2.05, 4.69) is 11.3 Å². The first-order chi connectivity index (χ1) is 13.0. The summed E-state index contributed by atoms with van der Waals surface area (Å²) in [5.41, 5.74) is -2.72. The fraction of sp³-hybridized carbons (Fsp3) is 0.409. The predicted octanol–water partition coefficient (Wildman–Crippen LogP) is 2.57. The molecular formula is C22H23NO5Si. The van der Waals surface area contributed by atoms with Crippen molar-refractivity contribution in [3.8, 4) is 0 Å². The van der Waals surface area contributed by atoms with E-state index < -0.39 is 36.4 Å². The number of nitrogens with zero attached hydrogens (tertiary/aromatic N) is 1. The van der Waals surface area contributed by atoms with Crippen molar-refractivity contribution >= 4 is 20.4 Å². The Labute approximate surface area is 178 Å². The molecule has 0 aromatic rings. The first-order valence-corrected chi connectivity index (χ1v) is 10.6. The van der Waals surface area contributed by atoms with Crippen LogP contribution in [0, 0.1) is 67.2 Å². The molecule has 1 fully saturated rings. The largest absolute Gasteiger partial charge is 0.454 e. The molecule has 0 aromatic heterocycles. The van der Waals surface area contributed by atoms with Crippen LogP contribution in [0.2, 0.25) is 5.04 Å². The monoisotopic (exact) mass is 409 g/mol. The number of esters is 1. The highest BCUT2D eigenvalue weighted by atomic mass is 28.4. The molecule has 0 bridgehead atoms. The van der Waals surface area contributed by atoms with Crippen LogP contribution in [0.3, 0.4) is 0 Å². The molecule has 1 rings (SSSR count). The van der Waals surface area contributed by atoms with Crippen molar-refractivity contribution in [2.75, 3.05) is 19.7 Å². The van der Waals surface area contributed by atoms with E-state index >= 15 is 0 Å². The molecule has 0 N–H and O–H groups in total. The Morgan fingerprint density at radius 1 is 1.07 bits per heavy atom. The fourth-order valence-corrected chi connectivity index (χ4v) is 3.48. The lowest BCUT2D eigenvalue weighted by atomic mass is 9.74. The Morgan fingerprint density at radius 3 is 2.00 bits per heavy atom. The van der Waals surface area contributed by atoms with Gasteiger partial charge in [0.1, 0.15) is 5.60 Å². The van der Waals surface area contributed by atoms with Crippen molar-refractivity contribution in [3.63, 3.8) is 0 Å². The average molecular weight is 410 g/mol. The molecule has 0 aliphatic carbocycles. The molecule has 29 heavy (non-hydrogen) atoms. The van der Waals surface area contributed by atoms with Gasteiger partial charge in [-0.15, -0.1) is 0 Å². The highest BCUT2D eigenvalue weighted by molar-refractivity contribution is 6.81. The summed E-state index contributed by atoms with van der Waals surface area (Å²) in [6.45, 7) is 47.8. The summed E-state index contributed by atoms with van der Waals surface area (Å²) in [4.78, 5) is 25.7. The molecule has 0 aromatic carbocycles. The van der Waals surface area contributed by atoms with Gasteiger partial charge in [0.25, 0.3) is 0 Å². The van der Waals surface area contributed by atoms with E-state index in [0.717, 1.165) is 0 Å². The van der Waals surface area contributed by atoms with Crippen LogP contribution >= 0.6 is 0 Å². The number of carbonyl (C=O) groups excluding carboxylic acids is 2. The molecule has 0 saturated carbocycles. The van der Waals surface area contributed by atoms with E-state index in [9.17, 15) is 9.59 Å². The minimum absolute atomic E-state index is 0.123. The van der Waals surface area contributed by atoms with Crippen LogP contribution in [0.5, 0.6) is 0 Å². The van der Waals surface area contributed by atoms with E-state index in [-0.39, 0.29) is 39.0 Å². The van der Waals surface area contributed by atoms with Gasteiger partial charge in [-0.3, -0.25) is 4.79 Å². The molecule has 6 nitrogen and oxygen atoms in total. The molecule has 0 unspecified atom stereocenters. The third-order valence-electron chi connectivity index (χ3n) is 4.56. The van der Waals surface area contributed by atoms with Gasteiger partial charge in [0, 0.05) is 38.9 Å². The van der Waals surface area contributed by atoms with Gasteiger partial charge in [0.05, 0.1) is 12.0 Å². The summed E-state index contributed by atoms with van der Waals surface area (Å²) >= 11 is 0. The second kappa shape index (κ2) is 9.21. The predicted molar refractivity (Wildman–Crippen MR) is 105 cm³/mol. The lowest BCUT2D eigenvalue weighted by Gasteiger charge is -2.40. The number of hydrogen-bond acceptors (Lipinski definition) is 5. The Morgan fingerprint density at radius 2 is 1.59 bits per heavy atom. The zero-order valence-corrected chi connectivity index (χ0v) is 17.1. The van der Waals surface area contributed by atoms with Gasteiger partial charge in [0.2, 0.25) is 8.32 Å². The Hall–Kier alpha value is -1.34. The standard InChI is InChI=1S/C22H23NO5Si/c1-17(16-27-29(9,10)21(5,6)7)15-22(18(24)26-8)11-13-23(14-12-22)19(25)28-20(2,3)4/h2-10H,1,11-16H2. The zero-order valence-electron chi connectivity index (χ0n) is 16.1. The van der Waals surface area contributed by atoms with Gasteiger partial charge in [-0.05, 0) is 53.1 Å². The summed E-state index contributed by atoms with van der Waals surface area (Å²) in [6.07, 6.45) is -0.322. The number of carbonyl (C=O) groups is 2. The number of ether oxygens (including phenoxy) is 2. The van der Waals surface area contributed by atoms with Gasteiger partial charge in [-0.2, -0.15) is 0 Å². The summed E-state index contributed by atoms with van der Waals surface area (Å²) in [6, 6.07) is 0. The number of rotatable bonds is 8. The maximum absolute atomic E-state index is 12.4. The van der Waals surface area contributed by atoms with E-state index in [1.54, 1.807) is 0 Å². The highest BCUT2D eigenvalue weighted by Gasteiger charge is 2.45. The van der Waals surface area contributed by atoms with Crippen LogP contribution in [0.4, 0.5) is 4.79 Å². The molecule has 0 spiro atoms. The smallest absolute Gasteiger partial charge is 0.410 e. The van der Waals surface area contributed by atoms with Gasteiger partial charge in [-0.1, -0.05) is 12.2 Å². The molecular weight excluding hydrogens is 386 g/mol. The van der Waals surface area contributed by atoms with E-state index in [1.165, 1.54) is 4.90 Å². The van der Waals surface area contributed by atoms with Crippen molar-refractivity contribution in [1.82, 2.24) is 4.90 Å². The molecule has 7 heteroatoms. The first-order valence-electron chi connectivity index (χ1n) is 8.54. The number of likely N-dealkylation sites (tertiary alicyclic amines) is 1. The maximum atomic E-state index is 12.4. The average Bonchev–Trinajstić information content (AvgIpc) is 2.57. The SMILES string of the molecule is [CH]OC(=O)C1(CC(=C)CO[Si]([CH])([CH])C([CH])([CH])[CH])CCN(C(=O)OC([CH])([CH])[CH])CC1. The number of piperidine rings is 1. The van der Waals surface area contributed by atoms with Crippen LogP contribution in [0.1, 0.15) is 19.3 Å². The molecule has 1 amide bonds. The fourth-order valence-electron chi connectivity index (χ4n) is 2.79. The Kier molecular flexibility index (Phi) is 8.16. The number of hydrogen-bond donors (Lipinski definition) is 0. The quantitative estimate of drug-likeness (QED) is 0.350. The van der Waals surface area contributed by atoms with Gasteiger partial charge in [-0.25, -0.2) is 4.79 Å². The van der Waals surface area contributed by atoms with Crippen molar-refractivity contribution in [2.24, 2.45) is 5.41 Å². The van der Waals surface area contributed by atoms with Crippen molar-refractivity contribution in [2.45, 2.75) is 29.9 Å². The van der Waals surface area contributed by atoms with Crippen LogP contribution in [0.25, 0.3) is 0 Å². The minimum atomic E-state index is -3.62. The van der Waals surface area contributed by atoms with Crippen molar-refractivity contribution in [3.05, 3.63) is 73.9 Å². The van der Waals surface area contributed by atoms with Crippen LogP contribution < -0.4 is 0 Å². The normalized spacial score (nSPS) is 17.6. The number of amides is 1. The lowest BCUT2D eigenvalue weighted by molar-refractivity contribution is -0.153. The molecule has 1 heterocycles. The molecule has 1 aliphatic heterocycles. The zero-order chi connectivity index (χ0) is 22.7. The van der Waals surface area contributed by atoms with Crippen LogP contribution in [0.15, 0.2) is 12.2 Å². The topological polar surface area (TPSA) is 65.1 Å². The second-order valence-corrected chi connectivity index (χ2v) is 10.1. The summed E-state index contributed by atoms with van der Waals surface area (Å²) in [5.74, 6) is -0.674. The van der Waals surface area contributed by atoms with E-state index in [0.29, 0.717) is 5.57 Å². The van der Waals surface area contributed by atoms with E-state index in [1.807, 2.05) is 0 Å². The molecule has 1 aliphatic rings. The van der Waals surface area contributed by atoms with Crippen molar-refractivity contribution < 1.29 is 23.5 Å². The molecule has 18 radical (unpaired) electrons. The Balaban J connectivity index is 2.78. The second-order valence-electron chi connectivity index (χ2n) is 7.34. The van der Waals surface area contributed by atoms with Gasteiger partial charge >= 0.3 is 12.1 Å². The lowest BCUT2D eigenvalue weighted by Crippen LogP contribution is -2.48. The maximum Gasteiger partial charge on any atom is 0.410 e. The van der Waals surface area contributed by atoms with Crippen molar-refractivity contribution in [1.29, 1.82) is 0 Å². The summed E-state index contributed by atoms with van der Waals surface area (Å²) < 4.78 is 14.5. The minimum Gasteiger partial charge on any atom is -0.454 e. The van der Waals surface area contributed by atoms with Crippen LogP contribution in [-0.2, 0) is 18.7 Å². The third kappa shape index (κ3) is 7.14. The molecule has 0 atom stereocenters. The third-order valence-corrected chi connectivity index (χ3v) is 6.54. The summed E-state index contributed by atoms with van der Waals surface area (Å²) in [7, 11) is 1.48. The Bertz CT molecular complexity index is 608. The highest BCUT2D eigenvalue weighted by Crippen LogP contribution is 2.40. The van der Waals surface area contributed by atoms with Gasteiger partial charge in [0.15, 0.2) is 7.11 Å². The summed E-state index contributed by atoms with van der Waals surface area (Å²) in [5, 5.41) is -1.88. The van der Waals surface area contributed by atoms with E-state index in [4.69, 9.17) is 70.9 Å². The molecule has 150 valence electrons. The first kappa shape index (κ1) is 25.7. The van der Waals surface area contributed by atoms with Crippen LogP contribution in [-0.4, -0.2) is 50.6 Å².